The zero-order valence-electron chi connectivity index (χ0n) is 13.3. The van der Waals surface area contributed by atoms with Crippen molar-refractivity contribution in [2.24, 2.45) is 0 Å². The fourth-order valence-corrected chi connectivity index (χ4v) is 2.43. The second-order valence-corrected chi connectivity index (χ2v) is 6.64. The molecule has 0 radical (unpaired) electrons. The van der Waals surface area contributed by atoms with Crippen LogP contribution in [0.5, 0.6) is 0 Å². The van der Waals surface area contributed by atoms with E-state index in [4.69, 9.17) is 0 Å². The van der Waals surface area contributed by atoms with Gasteiger partial charge in [-0.05, 0) is 56.7 Å². The molecule has 0 saturated carbocycles. The molecule has 1 heterocycles. The first-order valence-electron chi connectivity index (χ1n) is 7.73. The molecule has 1 aromatic heterocycles. The molecule has 0 spiro atoms. The summed E-state index contributed by atoms with van der Waals surface area (Å²) in [5, 5.41) is 3.64. The van der Waals surface area contributed by atoms with Crippen molar-refractivity contribution in [3.8, 4) is 0 Å². The Morgan fingerprint density at radius 3 is 2.43 bits per heavy atom. The maximum absolute atomic E-state index is 4.20. The highest BCUT2D eigenvalue weighted by molar-refractivity contribution is 5.21. The quantitative estimate of drug-likeness (QED) is 0.859. The van der Waals surface area contributed by atoms with Crippen LogP contribution in [-0.2, 0) is 6.42 Å². The van der Waals surface area contributed by atoms with E-state index in [2.05, 4.69) is 67.5 Å². The minimum Gasteiger partial charge on any atom is -0.311 e. The molecule has 1 N–H and O–H groups in total. The molecule has 0 aliphatic rings. The molecule has 0 aliphatic heterocycles. The van der Waals surface area contributed by atoms with Gasteiger partial charge in [0.15, 0.2) is 0 Å². The van der Waals surface area contributed by atoms with Crippen molar-refractivity contribution in [1.29, 1.82) is 0 Å². The Morgan fingerprint density at radius 1 is 1.05 bits per heavy atom. The second kappa shape index (κ2) is 7.37. The molecule has 0 saturated heterocycles. The van der Waals surface area contributed by atoms with Crippen molar-refractivity contribution in [3.05, 3.63) is 66.0 Å². The number of hydrogen-bond donors (Lipinski definition) is 1. The maximum Gasteiger partial charge on any atom is 0.0299 e. The molecule has 2 aromatic rings. The largest absolute Gasteiger partial charge is 0.311 e. The van der Waals surface area contributed by atoms with Gasteiger partial charge in [-0.1, -0.05) is 36.4 Å². The lowest BCUT2D eigenvalue weighted by atomic mass is 9.91. The van der Waals surface area contributed by atoms with Crippen LogP contribution in [0, 0.1) is 0 Å². The standard InChI is InChI=1S/C19H26N2/c1-19(2,3)21-15-18(17-9-5-4-6-10-17)12-11-16-8-7-13-20-14-16/h4-10,13-14,18,21H,11-12,15H2,1-3H3. The van der Waals surface area contributed by atoms with E-state index in [1.54, 1.807) is 0 Å². The highest BCUT2D eigenvalue weighted by atomic mass is 14.9. The normalized spacial score (nSPS) is 13.1. The van der Waals surface area contributed by atoms with Gasteiger partial charge in [0.05, 0.1) is 0 Å². The van der Waals surface area contributed by atoms with Gasteiger partial charge in [0.25, 0.3) is 0 Å². The molecule has 0 aliphatic carbocycles. The Labute approximate surface area is 128 Å². The summed E-state index contributed by atoms with van der Waals surface area (Å²) in [5.41, 5.74) is 2.88. The van der Waals surface area contributed by atoms with Crippen molar-refractivity contribution < 1.29 is 0 Å². The molecule has 1 atom stereocenters. The first kappa shape index (κ1) is 15.7. The van der Waals surface area contributed by atoms with Gasteiger partial charge in [0, 0.05) is 24.5 Å². The number of hydrogen-bond acceptors (Lipinski definition) is 2. The molecule has 0 amide bonds. The first-order valence-corrected chi connectivity index (χ1v) is 7.73. The van der Waals surface area contributed by atoms with Gasteiger partial charge in [0.2, 0.25) is 0 Å². The monoisotopic (exact) mass is 282 g/mol. The summed E-state index contributed by atoms with van der Waals surface area (Å²) in [4.78, 5) is 4.20. The van der Waals surface area contributed by atoms with Gasteiger partial charge < -0.3 is 5.32 Å². The number of nitrogens with one attached hydrogen (secondary N) is 1. The summed E-state index contributed by atoms with van der Waals surface area (Å²) < 4.78 is 0. The minimum atomic E-state index is 0.154. The van der Waals surface area contributed by atoms with Crippen LogP contribution in [0.1, 0.15) is 44.2 Å². The van der Waals surface area contributed by atoms with Crippen molar-refractivity contribution in [2.45, 2.75) is 45.1 Å². The molecule has 1 aromatic carbocycles. The van der Waals surface area contributed by atoms with Gasteiger partial charge in [-0.2, -0.15) is 0 Å². The predicted octanol–water partition coefficient (Wildman–Crippen LogP) is 4.19. The molecular formula is C19H26N2. The Hall–Kier alpha value is -1.67. The summed E-state index contributed by atoms with van der Waals surface area (Å²) in [5.74, 6) is 0.533. The Bertz CT molecular complexity index is 514. The number of pyridine rings is 1. The smallest absolute Gasteiger partial charge is 0.0299 e. The second-order valence-electron chi connectivity index (χ2n) is 6.64. The van der Waals surface area contributed by atoms with Gasteiger partial charge in [0.1, 0.15) is 0 Å². The molecule has 112 valence electrons. The van der Waals surface area contributed by atoms with E-state index in [9.17, 15) is 0 Å². The zero-order chi connectivity index (χ0) is 15.1. The van der Waals surface area contributed by atoms with Gasteiger partial charge >= 0.3 is 0 Å². The highest BCUT2D eigenvalue weighted by Crippen LogP contribution is 2.21. The van der Waals surface area contributed by atoms with Crippen LogP contribution in [0.2, 0.25) is 0 Å². The van der Waals surface area contributed by atoms with Crippen molar-refractivity contribution >= 4 is 0 Å². The number of aryl methyl sites for hydroxylation is 1. The molecule has 21 heavy (non-hydrogen) atoms. The van der Waals surface area contributed by atoms with E-state index in [1.807, 2.05) is 18.5 Å². The summed E-state index contributed by atoms with van der Waals surface area (Å²) in [7, 11) is 0. The Kier molecular flexibility index (Phi) is 5.51. The summed E-state index contributed by atoms with van der Waals surface area (Å²) in [6.45, 7) is 7.66. The van der Waals surface area contributed by atoms with Crippen molar-refractivity contribution in [2.75, 3.05) is 6.54 Å². The lowest BCUT2D eigenvalue weighted by Gasteiger charge is -2.25. The van der Waals surface area contributed by atoms with E-state index in [-0.39, 0.29) is 5.54 Å². The van der Waals surface area contributed by atoms with Crippen molar-refractivity contribution in [3.63, 3.8) is 0 Å². The number of aromatic nitrogens is 1. The van der Waals surface area contributed by atoms with Gasteiger partial charge in [-0.25, -0.2) is 0 Å². The number of benzene rings is 1. The zero-order valence-corrected chi connectivity index (χ0v) is 13.3. The predicted molar refractivity (Wildman–Crippen MR) is 89.5 cm³/mol. The minimum absolute atomic E-state index is 0.154. The average Bonchev–Trinajstić information content (AvgIpc) is 2.48. The molecule has 2 heteroatoms. The average molecular weight is 282 g/mol. The topological polar surface area (TPSA) is 24.9 Å². The summed E-state index contributed by atoms with van der Waals surface area (Å²) in [6, 6.07) is 15.0. The molecule has 0 bridgehead atoms. The summed E-state index contributed by atoms with van der Waals surface area (Å²) in [6.07, 6.45) is 6.01. The van der Waals surface area contributed by atoms with E-state index in [1.165, 1.54) is 11.1 Å². The third kappa shape index (κ3) is 5.68. The van der Waals surface area contributed by atoms with E-state index in [0.717, 1.165) is 19.4 Å². The van der Waals surface area contributed by atoms with Crippen LogP contribution in [0.3, 0.4) is 0 Å². The van der Waals surface area contributed by atoms with E-state index < -0.39 is 0 Å². The van der Waals surface area contributed by atoms with Crippen LogP contribution in [0.15, 0.2) is 54.9 Å². The fraction of sp³-hybridized carbons (Fsp3) is 0.421. The Morgan fingerprint density at radius 2 is 1.81 bits per heavy atom. The first-order chi connectivity index (χ1) is 10.0. The fourth-order valence-electron chi connectivity index (χ4n) is 2.43. The van der Waals surface area contributed by atoms with E-state index in [0.29, 0.717) is 5.92 Å². The van der Waals surface area contributed by atoms with Crippen molar-refractivity contribution in [1.82, 2.24) is 10.3 Å². The number of nitrogens with zero attached hydrogens (tertiary/aromatic N) is 1. The van der Waals surface area contributed by atoms with Gasteiger partial charge in [-0.15, -0.1) is 0 Å². The summed E-state index contributed by atoms with van der Waals surface area (Å²) >= 11 is 0. The molecule has 1 unspecified atom stereocenters. The SMILES string of the molecule is CC(C)(C)NCC(CCc1cccnc1)c1ccccc1. The van der Waals surface area contributed by atoms with Crippen LogP contribution in [0.25, 0.3) is 0 Å². The molecular weight excluding hydrogens is 256 g/mol. The van der Waals surface area contributed by atoms with Crippen LogP contribution in [0.4, 0.5) is 0 Å². The van der Waals surface area contributed by atoms with Gasteiger partial charge in [-0.3, -0.25) is 4.98 Å². The van der Waals surface area contributed by atoms with Crippen LogP contribution in [-0.4, -0.2) is 17.1 Å². The highest BCUT2D eigenvalue weighted by Gasteiger charge is 2.15. The Balaban J connectivity index is 2.02. The molecule has 2 nitrogen and oxygen atoms in total. The lowest BCUT2D eigenvalue weighted by Crippen LogP contribution is -2.38. The maximum atomic E-state index is 4.20. The van der Waals surface area contributed by atoms with Crippen LogP contribution >= 0.6 is 0 Å². The lowest BCUT2D eigenvalue weighted by molar-refractivity contribution is 0.399. The third-order valence-electron chi connectivity index (χ3n) is 3.65. The van der Waals surface area contributed by atoms with Crippen LogP contribution < -0.4 is 5.32 Å². The van der Waals surface area contributed by atoms with E-state index >= 15 is 0 Å². The molecule has 2 rings (SSSR count). The molecule has 0 fully saturated rings. The number of rotatable bonds is 6. The third-order valence-corrected chi connectivity index (χ3v) is 3.65.